The summed E-state index contributed by atoms with van der Waals surface area (Å²) in [5.74, 6) is 0.671. The van der Waals surface area contributed by atoms with Crippen molar-refractivity contribution in [2.75, 3.05) is 51.3 Å². The molecule has 224 valence electrons. The van der Waals surface area contributed by atoms with Gasteiger partial charge < -0.3 is 25.1 Å². The molecule has 1 fully saturated rings. The molecule has 1 aliphatic rings. The van der Waals surface area contributed by atoms with Crippen LogP contribution in [0, 0.1) is 13.8 Å². The van der Waals surface area contributed by atoms with Crippen LogP contribution in [0.3, 0.4) is 0 Å². The molecule has 1 aromatic carbocycles. The number of pyridine rings is 1. The number of aromatic nitrogens is 4. The summed E-state index contributed by atoms with van der Waals surface area (Å²) in [6, 6.07) is 9.65. The van der Waals surface area contributed by atoms with Gasteiger partial charge in [0, 0.05) is 66.6 Å². The van der Waals surface area contributed by atoms with Crippen LogP contribution in [0.15, 0.2) is 41.0 Å². The van der Waals surface area contributed by atoms with Crippen LogP contribution >= 0.6 is 15.9 Å². The number of carbonyl (C=O) groups is 1. The number of carbonyl (C=O) groups excluding carboxylic acids is 1. The summed E-state index contributed by atoms with van der Waals surface area (Å²) in [7, 11) is 0.718. The van der Waals surface area contributed by atoms with Gasteiger partial charge in [-0.1, -0.05) is 6.07 Å². The van der Waals surface area contributed by atoms with Crippen molar-refractivity contribution in [1.29, 1.82) is 0 Å². The molecular formula is C29H37BrN8O3S. The van der Waals surface area contributed by atoms with Crippen molar-refractivity contribution in [3.63, 3.8) is 0 Å². The smallest absolute Gasteiger partial charge is 0.251 e. The van der Waals surface area contributed by atoms with Gasteiger partial charge in [-0.25, -0.2) is 18.4 Å². The molecular weight excluding hydrogens is 620 g/mol. The topological polar surface area (TPSA) is 128 Å². The number of hydrogen-bond donors (Lipinski definition) is 3. The number of H-pyrrole nitrogens is 1. The summed E-state index contributed by atoms with van der Waals surface area (Å²) in [6.07, 6.45) is 2.42. The third-order valence-corrected chi connectivity index (χ3v) is 10.1. The Morgan fingerprint density at radius 3 is 2.76 bits per heavy atom. The van der Waals surface area contributed by atoms with Gasteiger partial charge in [-0.05, 0) is 81.5 Å². The third-order valence-electron chi connectivity index (χ3n) is 7.63. The zero-order chi connectivity index (χ0) is 30.2. The Kier molecular flexibility index (Phi) is 8.74. The van der Waals surface area contributed by atoms with Crippen molar-refractivity contribution in [1.82, 2.24) is 34.0 Å². The second-order valence-corrected chi connectivity index (χ2v) is 14.0. The number of nitrogens with zero attached hydrogens (tertiary/aromatic N) is 5. The Labute approximate surface area is 254 Å². The first-order chi connectivity index (χ1) is 20.0. The quantitative estimate of drug-likeness (QED) is 0.236. The summed E-state index contributed by atoms with van der Waals surface area (Å²) < 4.78 is 29.2. The molecule has 11 nitrogen and oxygen atoms in total. The summed E-state index contributed by atoms with van der Waals surface area (Å²) >= 11 is 3.62. The summed E-state index contributed by atoms with van der Waals surface area (Å²) in [4.78, 5) is 27.6. The first-order valence-electron chi connectivity index (χ1n) is 14.0. The zero-order valence-corrected chi connectivity index (χ0v) is 26.9. The van der Waals surface area contributed by atoms with Gasteiger partial charge in [0.25, 0.3) is 5.91 Å². The third kappa shape index (κ3) is 6.10. The lowest BCUT2D eigenvalue weighted by Crippen LogP contribution is -2.32. The number of aryl methyl sites for hydroxylation is 1. The molecule has 0 radical (unpaired) electrons. The summed E-state index contributed by atoms with van der Waals surface area (Å²) in [5.41, 5.74) is 6.51. The van der Waals surface area contributed by atoms with E-state index in [0.717, 1.165) is 44.9 Å². The fourth-order valence-electron chi connectivity index (χ4n) is 5.37. The molecule has 0 unspecified atom stereocenters. The Bertz CT molecular complexity index is 1730. The molecule has 1 aliphatic heterocycles. The Morgan fingerprint density at radius 2 is 2.02 bits per heavy atom. The van der Waals surface area contributed by atoms with Crippen molar-refractivity contribution in [2.24, 2.45) is 0 Å². The van der Waals surface area contributed by atoms with Crippen LogP contribution in [0.25, 0.3) is 28.2 Å². The van der Waals surface area contributed by atoms with Gasteiger partial charge in [-0.3, -0.25) is 4.79 Å². The van der Waals surface area contributed by atoms with E-state index >= 15 is 0 Å². The van der Waals surface area contributed by atoms with Crippen molar-refractivity contribution >= 4 is 48.7 Å². The van der Waals surface area contributed by atoms with E-state index in [0.29, 0.717) is 43.1 Å². The van der Waals surface area contributed by atoms with Gasteiger partial charge in [-0.15, -0.1) is 0 Å². The number of aromatic amines is 1. The highest BCUT2D eigenvalue weighted by atomic mass is 79.9. The second kappa shape index (κ2) is 12.2. The number of anilines is 1. The molecule has 1 saturated heterocycles. The molecule has 0 saturated carbocycles. The molecule has 3 N–H and O–H groups in total. The van der Waals surface area contributed by atoms with E-state index < -0.39 is 10.0 Å². The van der Waals surface area contributed by atoms with Crippen molar-refractivity contribution in [3.05, 3.63) is 58.0 Å². The summed E-state index contributed by atoms with van der Waals surface area (Å²) in [6.45, 7) is 7.99. The van der Waals surface area contributed by atoms with Crippen LogP contribution in [0.4, 0.5) is 5.69 Å². The van der Waals surface area contributed by atoms with Crippen LogP contribution in [0.5, 0.6) is 0 Å². The lowest BCUT2D eigenvalue weighted by molar-refractivity contribution is 0.0951. The number of benzene rings is 1. The Morgan fingerprint density at radius 1 is 1.24 bits per heavy atom. The van der Waals surface area contributed by atoms with E-state index in [2.05, 4.69) is 47.2 Å². The van der Waals surface area contributed by atoms with E-state index in [-0.39, 0.29) is 17.7 Å². The van der Waals surface area contributed by atoms with Gasteiger partial charge in [0.2, 0.25) is 10.0 Å². The van der Waals surface area contributed by atoms with Gasteiger partial charge in [-0.2, -0.15) is 4.31 Å². The average Bonchev–Trinajstić information content (AvgIpc) is 3.67. The molecule has 13 heteroatoms. The lowest BCUT2D eigenvalue weighted by Gasteiger charge is -2.17. The Hall–Kier alpha value is -3.26. The number of halogens is 1. The molecule has 42 heavy (non-hydrogen) atoms. The monoisotopic (exact) mass is 656 g/mol. The van der Waals surface area contributed by atoms with E-state index in [1.54, 1.807) is 17.4 Å². The van der Waals surface area contributed by atoms with Crippen LogP contribution in [0.1, 0.15) is 35.1 Å². The largest absolute Gasteiger partial charge is 0.378 e. The number of sulfonamides is 1. The maximum absolute atomic E-state index is 12.8. The SMILES string of the molecule is CCS(=O)(=O)N1CC[C@H](Nc2c(Br)cnc3nc(-c4cc(C)n(-c5cccc(C(=O)NCCN(C)C)c5)c4C)[nH]c23)C1. The number of likely N-dealkylation sites (N-methyl/N-ethyl adjacent to an activating group) is 1. The summed E-state index contributed by atoms with van der Waals surface area (Å²) in [5, 5.41) is 6.51. The molecule has 5 rings (SSSR count). The average molecular weight is 658 g/mol. The molecule has 4 aromatic rings. The molecule has 0 aliphatic carbocycles. The minimum atomic E-state index is -3.23. The second-order valence-electron chi connectivity index (χ2n) is 10.9. The minimum absolute atomic E-state index is 0.0302. The number of rotatable bonds is 10. The highest BCUT2D eigenvalue weighted by molar-refractivity contribution is 9.10. The van der Waals surface area contributed by atoms with E-state index in [1.165, 1.54) is 0 Å². The minimum Gasteiger partial charge on any atom is -0.378 e. The number of amides is 1. The molecule has 0 bridgehead atoms. The molecule has 1 atom stereocenters. The van der Waals surface area contributed by atoms with E-state index in [9.17, 15) is 13.2 Å². The van der Waals surface area contributed by atoms with Crippen molar-refractivity contribution in [2.45, 2.75) is 33.2 Å². The zero-order valence-electron chi connectivity index (χ0n) is 24.5. The fraction of sp³-hybridized carbons (Fsp3) is 0.414. The first-order valence-corrected chi connectivity index (χ1v) is 16.4. The van der Waals surface area contributed by atoms with Crippen LogP contribution in [-0.4, -0.2) is 95.1 Å². The maximum Gasteiger partial charge on any atom is 0.251 e. The number of fused-ring (bicyclic) bond motifs is 1. The van der Waals surface area contributed by atoms with Gasteiger partial charge >= 0.3 is 0 Å². The first kappa shape index (κ1) is 30.2. The molecule has 1 amide bonds. The molecule has 4 heterocycles. The van der Waals surface area contributed by atoms with Crippen LogP contribution in [-0.2, 0) is 10.0 Å². The molecule has 3 aromatic heterocycles. The fourth-order valence-corrected chi connectivity index (χ4v) is 6.94. The standard InChI is InChI=1S/C29H37BrN8O3S/c1-6-42(40,41)37-12-10-21(17-37)33-25-24(30)16-32-28-26(25)34-27(35-28)23-14-18(2)38(19(23)3)22-9-7-8-20(15-22)29(39)31-11-13-36(4)5/h7-9,14-16,21H,6,10-13,17H2,1-5H3,(H,31,39)(H2,32,33,34,35)/t21-/m0/s1. The number of nitrogens with one attached hydrogen (secondary N) is 3. The number of imidazole rings is 1. The van der Waals surface area contributed by atoms with Gasteiger partial charge in [0.1, 0.15) is 11.3 Å². The molecule has 0 spiro atoms. The maximum atomic E-state index is 12.8. The van der Waals surface area contributed by atoms with E-state index in [1.807, 2.05) is 57.1 Å². The lowest BCUT2D eigenvalue weighted by atomic mass is 10.1. The predicted octanol–water partition coefficient (Wildman–Crippen LogP) is 3.92. The van der Waals surface area contributed by atoms with Crippen LogP contribution in [0.2, 0.25) is 0 Å². The Balaban J connectivity index is 1.43. The normalized spacial score (nSPS) is 16.0. The van der Waals surface area contributed by atoms with Crippen molar-refractivity contribution < 1.29 is 13.2 Å². The van der Waals surface area contributed by atoms with Crippen LogP contribution < -0.4 is 10.6 Å². The van der Waals surface area contributed by atoms with Crippen molar-refractivity contribution in [3.8, 4) is 17.1 Å². The number of hydrogen-bond acceptors (Lipinski definition) is 7. The highest BCUT2D eigenvalue weighted by Crippen LogP contribution is 2.34. The highest BCUT2D eigenvalue weighted by Gasteiger charge is 2.31. The van der Waals surface area contributed by atoms with Gasteiger partial charge in [0.05, 0.1) is 15.9 Å². The van der Waals surface area contributed by atoms with Gasteiger partial charge in [0.15, 0.2) is 5.65 Å². The predicted molar refractivity (Wildman–Crippen MR) is 170 cm³/mol. The van der Waals surface area contributed by atoms with E-state index in [4.69, 9.17) is 4.98 Å².